The zero-order valence-corrected chi connectivity index (χ0v) is 12.8. The lowest BCUT2D eigenvalue weighted by atomic mass is 9.85. The Morgan fingerprint density at radius 2 is 2.00 bits per heavy atom. The summed E-state index contributed by atoms with van der Waals surface area (Å²) in [6.45, 7) is 2.82. The molecule has 0 fully saturated rings. The van der Waals surface area contributed by atoms with Gasteiger partial charge in [0.2, 0.25) is 6.23 Å². The summed E-state index contributed by atoms with van der Waals surface area (Å²) in [6, 6.07) is 6.49. The van der Waals surface area contributed by atoms with Gasteiger partial charge in [-0.1, -0.05) is 11.6 Å². The van der Waals surface area contributed by atoms with E-state index in [4.69, 9.17) is 16.3 Å². The summed E-state index contributed by atoms with van der Waals surface area (Å²) in [5.41, 5.74) is -1.44. The molecule has 1 aromatic heterocycles. The second-order valence-electron chi connectivity index (χ2n) is 5.31. The SMILES string of the molecule is CC(C)(C(=O)O)C(O)C(Oc1ccc(Cl)cc1)n1cncn1. The molecule has 2 unspecified atom stereocenters. The number of aliphatic carboxylic acids is 1. The van der Waals surface area contributed by atoms with E-state index in [1.54, 1.807) is 24.3 Å². The number of hydrogen-bond donors (Lipinski definition) is 2. The number of aliphatic hydroxyl groups is 1. The van der Waals surface area contributed by atoms with Crippen molar-refractivity contribution in [2.75, 3.05) is 0 Å². The Morgan fingerprint density at radius 1 is 1.36 bits per heavy atom. The molecule has 22 heavy (non-hydrogen) atoms. The van der Waals surface area contributed by atoms with Gasteiger partial charge in [0.25, 0.3) is 0 Å². The second-order valence-corrected chi connectivity index (χ2v) is 5.75. The first-order valence-electron chi connectivity index (χ1n) is 6.50. The van der Waals surface area contributed by atoms with Gasteiger partial charge in [-0.3, -0.25) is 4.79 Å². The Labute approximate surface area is 132 Å². The Bertz CT molecular complexity index is 628. The van der Waals surface area contributed by atoms with E-state index >= 15 is 0 Å². The van der Waals surface area contributed by atoms with Crippen molar-refractivity contribution >= 4 is 17.6 Å². The molecule has 0 saturated carbocycles. The van der Waals surface area contributed by atoms with Gasteiger partial charge in [0.15, 0.2) is 0 Å². The average molecular weight is 326 g/mol. The zero-order valence-electron chi connectivity index (χ0n) is 12.0. The summed E-state index contributed by atoms with van der Waals surface area (Å²) in [5, 5.41) is 24.2. The summed E-state index contributed by atoms with van der Waals surface area (Å²) in [6.07, 6.45) is 0.220. The largest absolute Gasteiger partial charge is 0.481 e. The predicted molar refractivity (Wildman–Crippen MR) is 78.6 cm³/mol. The maximum absolute atomic E-state index is 11.4. The van der Waals surface area contributed by atoms with Crippen molar-refractivity contribution < 1.29 is 19.7 Å². The smallest absolute Gasteiger partial charge is 0.311 e. The van der Waals surface area contributed by atoms with E-state index in [1.807, 2.05) is 0 Å². The average Bonchev–Trinajstić information content (AvgIpc) is 2.99. The highest BCUT2D eigenvalue weighted by Gasteiger charge is 2.43. The molecule has 2 atom stereocenters. The fraction of sp³-hybridized carbons (Fsp3) is 0.357. The van der Waals surface area contributed by atoms with Crippen molar-refractivity contribution in [3.8, 4) is 5.75 Å². The molecule has 118 valence electrons. The Morgan fingerprint density at radius 3 is 2.50 bits per heavy atom. The molecule has 0 aliphatic rings. The molecule has 2 N–H and O–H groups in total. The highest BCUT2D eigenvalue weighted by atomic mass is 35.5. The van der Waals surface area contributed by atoms with E-state index in [0.29, 0.717) is 10.8 Å². The van der Waals surface area contributed by atoms with Crippen LogP contribution in [0.15, 0.2) is 36.9 Å². The van der Waals surface area contributed by atoms with Gasteiger partial charge in [0, 0.05) is 5.02 Å². The van der Waals surface area contributed by atoms with Crippen molar-refractivity contribution in [2.45, 2.75) is 26.2 Å². The van der Waals surface area contributed by atoms with Gasteiger partial charge in [-0.2, -0.15) is 5.10 Å². The molecule has 2 rings (SSSR count). The number of halogens is 1. The van der Waals surface area contributed by atoms with Gasteiger partial charge < -0.3 is 14.9 Å². The van der Waals surface area contributed by atoms with Crippen LogP contribution in [-0.2, 0) is 4.79 Å². The van der Waals surface area contributed by atoms with Crippen molar-refractivity contribution in [1.82, 2.24) is 14.8 Å². The number of ether oxygens (including phenoxy) is 1. The van der Waals surface area contributed by atoms with Crippen LogP contribution in [0.5, 0.6) is 5.75 Å². The molecule has 1 heterocycles. The lowest BCUT2D eigenvalue weighted by Crippen LogP contribution is -2.45. The number of nitrogens with zero attached hydrogens (tertiary/aromatic N) is 3. The predicted octanol–water partition coefficient (Wildman–Crippen LogP) is 1.98. The molecular formula is C14H16ClN3O4. The highest BCUT2D eigenvalue weighted by molar-refractivity contribution is 6.30. The van der Waals surface area contributed by atoms with Crippen LogP contribution in [0.4, 0.5) is 0 Å². The summed E-state index contributed by atoms with van der Waals surface area (Å²) in [7, 11) is 0. The number of rotatable bonds is 6. The monoisotopic (exact) mass is 325 g/mol. The summed E-state index contributed by atoms with van der Waals surface area (Å²) in [4.78, 5) is 15.2. The molecule has 0 saturated heterocycles. The van der Waals surface area contributed by atoms with E-state index < -0.39 is 23.7 Å². The van der Waals surface area contributed by atoms with Gasteiger partial charge in [0.1, 0.15) is 24.5 Å². The number of carboxylic acids is 1. The van der Waals surface area contributed by atoms with Crippen molar-refractivity contribution in [3.05, 3.63) is 41.9 Å². The Hall–Kier alpha value is -2.12. The van der Waals surface area contributed by atoms with Crippen LogP contribution in [0.2, 0.25) is 5.02 Å². The third-order valence-corrected chi connectivity index (χ3v) is 3.58. The quantitative estimate of drug-likeness (QED) is 0.842. The third kappa shape index (κ3) is 3.37. The number of benzene rings is 1. The van der Waals surface area contributed by atoms with E-state index in [2.05, 4.69) is 10.1 Å². The fourth-order valence-electron chi connectivity index (χ4n) is 1.75. The molecule has 0 aliphatic carbocycles. The van der Waals surface area contributed by atoms with Gasteiger partial charge in [-0.05, 0) is 38.1 Å². The van der Waals surface area contributed by atoms with Crippen molar-refractivity contribution in [3.63, 3.8) is 0 Å². The first-order valence-corrected chi connectivity index (χ1v) is 6.88. The molecular weight excluding hydrogens is 310 g/mol. The maximum atomic E-state index is 11.4. The minimum Gasteiger partial charge on any atom is -0.481 e. The summed E-state index contributed by atoms with van der Waals surface area (Å²) in [5.74, 6) is -0.727. The molecule has 8 heteroatoms. The Balaban J connectivity index is 2.31. The molecule has 1 aromatic carbocycles. The van der Waals surface area contributed by atoms with Crippen LogP contribution in [-0.4, -0.2) is 37.1 Å². The fourth-order valence-corrected chi connectivity index (χ4v) is 1.87. The number of carboxylic acid groups (broad SMARTS) is 1. The van der Waals surface area contributed by atoms with Gasteiger partial charge in [-0.25, -0.2) is 9.67 Å². The van der Waals surface area contributed by atoms with Crippen LogP contribution in [0.1, 0.15) is 20.1 Å². The molecule has 0 radical (unpaired) electrons. The molecule has 0 amide bonds. The van der Waals surface area contributed by atoms with E-state index in [9.17, 15) is 15.0 Å². The number of hydrogen-bond acceptors (Lipinski definition) is 5. The Kier molecular flexibility index (Phi) is 4.68. The number of carbonyl (C=O) groups is 1. The first kappa shape index (κ1) is 16.3. The molecule has 7 nitrogen and oxygen atoms in total. The number of aromatic nitrogens is 3. The summed E-state index contributed by atoms with van der Waals surface area (Å²) < 4.78 is 6.97. The minimum absolute atomic E-state index is 0.421. The summed E-state index contributed by atoms with van der Waals surface area (Å²) >= 11 is 5.81. The van der Waals surface area contributed by atoms with Crippen LogP contribution >= 0.6 is 11.6 Å². The standard InChI is InChI=1S/C14H16ClN3O4/c1-14(2,13(20)21)11(19)12(18-8-16-7-17-18)22-10-5-3-9(15)4-6-10/h3-8,11-12,19H,1-2H3,(H,20,21). The lowest BCUT2D eigenvalue weighted by molar-refractivity contribution is -0.162. The molecule has 0 spiro atoms. The van der Waals surface area contributed by atoms with E-state index in [-0.39, 0.29) is 0 Å². The van der Waals surface area contributed by atoms with Crippen LogP contribution < -0.4 is 4.74 Å². The molecule has 0 aliphatic heterocycles. The van der Waals surface area contributed by atoms with E-state index in [0.717, 1.165) is 0 Å². The first-order chi connectivity index (χ1) is 10.3. The lowest BCUT2D eigenvalue weighted by Gasteiger charge is -2.32. The normalized spacial score (nSPS) is 14.4. The zero-order chi connectivity index (χ0) is 16.3. The van der Waals surface area contributed by atoms with Crippen molar-refractivity contribution in [1.29, 1.82) is 0 Å². The van der Waals surface area contributed by atoms with Gasteiger partial charge >= 0.3 is 5.97 Å². The highest BCUT2D eigenvalue weighted by Crippen LogP contribution is 2.31. The second kappa shape index (κ2) is 6.33. The minimum atomic E-state index is -1.44. The van der Waals surface area contributed by atoms with Gasteiger partial charge in [0.05, 0.1) is 5.41 Å². The van der Waals surface area contributed by atoms with Crippen LogP contribution in [0, 0.1) is 5.41 Å². The molecule has 0 bridgehead atoms. The van der Waals surface area contributed by atoms with Crippen LogP contribution in [0.25, 0.3) is 0 Å². The number of aliphatic hydroxyl groups excluding tert-OH is 1. The van der Waals surface area contributed by atoms with E-state index in [1.165, 1.54) is 31.2 Å². The third-order valence-electron chi connectivity index (χ3n) is 3.33. The molecule has 2 aromatic rings. The van der Waals surface area contributed by atoms with Gasteiger partial charge in [-0.15, -0.1) is 0 Å². The van der Waals surface area contributed by atoms with Crippen molar-refractivity contribution in [2.24, 2.45) is 5.41 Å². The topological polar surface area (TPSA) is 97.5 Å². The van der Waals surface area contributed by atoms with Crippen LogP contribution in [0.3, 0.4) is 0 Å². The maximum Gasteiger partial charge on any atom is 0.311 e.